The number of nitrogens with one attached hydrogen (secondary N) is 2. The molecule has 0 fully saturated rings. The highest BCUT2D eigenvalue weighted by Gasteiger charge is 2.21. The van der Waals surface area contributed by atoms with Gasteiger partial charge >= 0.3 is 6.03 Å². The molecular formula is C24H28N4O4S. The third kappa shape index (κ3) is 6.90. The fourth-order valence-electron chi connectivity index (χ4n) is 3.09. The van der Waals surface area contributed by atoms with Crippen LogP contribution in [-0.2, 0) is 16.1 Å². The van der Waals surface area contributed by atoms with Crippen LogP contribution in [0, 0.1) is 0 Å². The standard InChI is InChI=1S/C24H28N4O4S/c1-16(2)32-15-9-14-28-22(30)19-12-7-8-13-20(19)26-24(28)33-17(3)21(29)27-23(31)25-18-10-5-4-6-11-18/h4-8,10-13,16-17H,9,14-15H2,1-3H3,(H2,25,27,29,31). The average molecular weight is 469 g/mol. The molecule has 1 aromatic heterocycles. The van der Waals surface area contributed by atoms with Gasteiger partial charge in [0.15, 0.2) is 5.16 Å². The first-order valence-electron chi connectivity index (χ1n) is 10.8. The van der Waals surface area contributed by atoms with Gasteiger partial charge in [0.05, 0.1) is 22.3 Å². The summed E-state index contributed by atoms with van der Waals surface area (Å²) in [5.74, 6) is -0.481. The van der Waals surface area contributed by atoms with E-state index in [1.807, 2.05) is 26.0 Å². The van der Waals surface area contributed by atoms with Crippen molar-refractivity contribution in [2.45, 2.75) is 50.2 Å². The molecule has 1 atom stereocenters. The molecule has 0 saturated carbocycles. The first-order chi connectivity index (χ1) is 15.8. The highest BCUT2D eigenvalue weighted by atomic mass is 32.2. The van der Waals surface area contributed by atoms with Crippen LogP contribution in [0.2, 0.25) is 0 Å². The van der Waals surface area contributed by atoms with E-state index in [9.17, 15) is 14.4 Å². The maximum Gasteiger partial charge on any atom is 0.325 e. The number of thioether (sulfide) groups is 1. The molecule has 0 aliphatic carbocycles. The van der Waals surface area contributed by atoms with Crippen molar-refractivity contribution in [3.05, 3.63) is 65.0 Å². The molecule has 174 valence electrons. The number of ether oxygens (including phenoxy) is 1. The second kappa shape index (κ2) is 11.6. The summed E-state index contributed by atoms with van der Waals surface area (Å²) in [4.78, 5) is 42.5. The number of hydrogen-bond acceptors (Lipinski definition) is 6. The van der Waals surface area contributed by atoms with Crippen molar-refractivity contribution in [1.29, 1.82) is 0 Å². The number of amides is 3. The van der Waals surface area contributed by atoms with Crippen LogP contribution in [0.5, 0.6) is 0 Å². The number of fused-ring (bicyclic) bond motifs is 1. The molecule has 0 aliphatic heterocycles. The molecule has 0 aliphatic rings. The van der Waals surface area contributed by atoms with Crippen LogP contribution in [0.25, 0.3) is 10.9 Å². The van der Waals surface area contributed by atoms with E-state index in [0.29, 0.717) is 41.3 Å². The lowest BCUT2D eigenvalue weighted by Gasteiger charge is -2.16. The Bertz CT molecular complexity index is 1160. The maximum atomic E-state index is 13.1. The van der Waals surface area contributed by atoms with Crippen LogP contribution in [0.1, 0.15) is 27.2 Å². The summed E-state index contributed by atoms with van der Waals surface area (Å²) in [5.41, 5.74) is 0.980. The number of urea groups is 1. The van der Waals surface area contributed by atoms with Gasteiger partial charge < -0.3 is 10.1 Å². The normalized spacial score (nSPS) is 12.0. The lowest BCUT2D eigenvalue weighted by Crippen LogP contribution is -2.39. The Kier molecular flexibility index (Phi) is 8.62. The van der Waals surface area contributed by atoms with Crippen molar-refractivity contribution in [3.63, 3.8) is 0 Å². The third-order valence-corrected chi connectivity index (χ3v) is 5.81. The largest absolute Gasteiger partial charge is 0.379 e. The molecular weight excluding hydrogens is 440 g/mol. The minimum Gasteiger partial charge on any atom is -0.379 e. The molecule has 0 saturated heterocycles. The first kappa shape index (κ1) is 24.5. The number of hydrogen-bond donors (Lipinski definition) is 2. The van der Waals surface area contributed by atoms with Crippen molar-refractivity contribution in [1.82, 2.24) is 14.9 Å². The van der Waals surface area contributed by atoms with Crippen LogP contribution >= 0.6 is 11.8 Å². The van der Waals surface area contributed by atoms with Gasteiger partial charge in [0.1, 0.15) is 0 Å². The Balaban J connectivity index is 1.74. The summed E-state index contributed by atoms with van der Waals surface area (Å²) >= 11 is 1.14. The molecule has 3 rings (SSSR count). The summed E-state index contributed by atoms with van der Waals surface area (Å²) in [7, 11) is 0. The van der Waals surface area contributed by atoms with E-state index in [0.717, 1.165) is 11.8 Å². The van der Waals surface area contributed by atoms with Gasteiger partial charge in [0, 0.05) is 18.8 Å². The van der Waals surface area contributed by atoms with Gasteiger partial charge in [-0.2, -0.15) is 0 Å². The molecule has 3 aromatic rings. The van der Waals surface area contributed by atoms with Gasteiger partial charge in [-0.25, -0.2) is 9.78 Å². The number of anilines is 1. The molecule has 0 bridgehead atoms. The Morgan fingerprint density at radius 1 is 1.06 bits per heavy atom. The second-order valence-electron chi connectivity index (χ2n) is 7.71. The van der Waals surface area contributed by atoms with Gasteiger partial charge in [-0.05, 0) is 51.5 Å². The number of nitrogens with zero attached hydrogens (tertiary/aromatic N) is 2. The van der Waals surface area contributed by atoms with Gasteiger partial charge in [-0.3, -0.25) is 19.5 Å². The number of carbonyl (C=O) groups excluding carboxylic acids is 2. The number of rotatable bonds is 9. The molecule has 3 amide bonds. The van der Waals surface area contributed by atoms with E-state index < -0.39 is 17.2 Å². The number of imide groups is 1. The van der Waals surface area contributed by atoms with Crippen molar-refractivity contribution in [3.8, 4) is 0 Å². The van der Waals surface area contributed by atoms with Crippen LogP contribution < -0.4 is 16.2 Å². The lowest BCUT2D eigenvalue weighted by atomic mass is 10.2. The third-order valence-electron chi connectivity index (χ3n) is 4.72. The maximum absolute atomic E-state index is 13.1. The first-order valence-corrected chi connectivity index (χ1v) is 11.7. The van der Waals surface area contributed by atoms with E-state index in [4.69, 9.17) is 4.74 Å². The molecule has 0 spiro atoms. The van der Waals surface area contributed by atoms with Crippen molar-refractivity contribution < 1.29 is 14.3 Å². The molecule has 8 nitrogen and oxygen atoms in total. The number of benzene rings is 2. The summed E-state index contributed by atoms with van der Waals surface area (Å²) in [5, 5.41) is 5.24. The van der Waals surface area contributed by atoms with Gasteiger partial charge in [-0.1, -0.05) is 42.1 Å². The van der Waals surface area contributed by atoms with Crippen molar-refractivity contribution >= 4 is 40.3 Å². The predicted molar refractivity (Wildman–Crippen MR) is 131 cm³/mol. The van der Waals surface area contributed by atoms with Crippen LogP contribution in [0.3, 0.4) is 0 Å². The fraction of sp³-hybridized carbons (Fsp3) is 0.333. The predicted octanol–water partition coefficient (Wildman–Crippen LogP) is 4.04. The summed E-state index contributed by atoms with van der Waals surface area (Å²) in [6, 6.07) is 15.4. The Morgan fingerprint density at radius 2 is 1.76 bits per heavy atom. The number of carbonyl (C=O) groups is 2. The SMILES string of the molecule is CC(C)OCCCn1c(SC(C)C(=O)NC(=O)Nc2ccccc2)nc2ccccc2c1=O. The molecule has 33 heavy (non-hydrogen) atoms. The van der Waals surface area contributed by atoms with Gasteiger partial charge in [0.2, 0.25) is 5.91 Å². The van der Waals surface area contributed by atoms with E-state index in [2.05, 4.69) is 15.6 Å². The topological polar surface area (TPSA) is 102 Å². The van der Waals surface area contributed by atoms with E-state index in [1.165, 1.54) is 0 Å². The van der Waals surface area contributed by atoms with Gasteiger partial charge in [0.25, 0.3) is 5.56 Å². The zero-order chi connectivity index (χ0) is 23.8. The van der Waals surface area contributed by atoms with E-state index >= 15 is 0 Å². The molecule has 1 heterocycles. The second-order valence-corrected chi connectivity index (χ2v) is 9.02. The van der Waals surface area contributed by atoms with E-state index in [-0.39, 0.29) is 11.7 Å². The quantitative estimate of drug-likeness (QED) is 0.279. The Morgan fingerprint density at radius 3 is 2.48 bits per heavy atom. The molecule has 0 radical (unpaired) electrons. The van der Waals surface area contributed by atoms with Crippen LogP contribution in [0.15, 0.2) is 64.5 Å². The minimum atomic E-state index is -0.655. The van der Waals surface area contributed by atoms with E-state index in [1.54, 1.807) is 54.0 Å². The molecule has 2 aromatic carbocycles. The van der Waals surface area contributed by atoms with Crippen molar-refractivity contribution in [2.75, 3.05) is 11.9 Å². The lowest BCUT2D eigenvalue weighted by molar-refractivity contribution is -0.119. The van der Waals surface area contributed by atoms with Crippen molar-refractivity contribution in [2.24, 2.45) is 0 Å². The smallest absolute Gasteiger partial charge is 0.325 e. The Labute approximate surface area is 196 Å². The highest BCUT2D eigenvalue weighted by Crippen LogP contribution is 2.23. The van der Waals surface area contributed by atoms with Gasteiger partial charge in [-0.15, -0.1) is 0 Å². The number of para-hydroxylation sites is 2. The zero-order valence-electron chi connectivity index (χ0n) is 18.9. The Hall–Kier alpha value is -3.17. The van der Waals surface area contributed by atoms with Crippen LogP contribution in [-0.4, -0.2) is 39.5 Å². The average Bonchev–Trinajstić information content (AvgIpc) is 2.78. The summed E-state index contributed by atoms with van der Waals surface area (Å²) in [6.45, 7) is 6.51. The highest BCUT2D eigenvalue weighted by molar-refractivity contribution is 8.00. The monoisotopic (exact) mass is 468 g/mol. The zero-order valence-corrected chi connectivity index (χ0v) is 19.7. The summed E-state index contributed by atoms with van der Waals surface area (Å²) < 4.78 is 7.17. The molecule has 9 heteroatoms. The van der Waals surface area contributed by atoms with Crippen LogP contribution in [0.4, 0.5) is 10.5 Å². The molecule has 2 N–H and O–H groups in total. The minimum absolute atomic E-state index is 0.107. The number of aromatic nitrogens is 2. The molecule has 1 unspecified atom stereocenters. The fourth-order valence-corrected chi connectivity index (χ4v) is 4.02. The summed E-state index contributed by atoms with van der Waals surface area (Å²) in [6.07, 6.45) is 0.738.